The highest BCUT2D eigenvalue weighted by atomic mass is 19.1. The van der Waals surface area contributed by atoms with E-state index in [0.717, 1.165) is 12.1 Å². The lowest BCUT2D eigenvalue weighted by atomic mass is 9.93. The summed E-state index contributed by atoms with van der Waals surface area (Å²) in [7, 11) is 0. The Morgan fingerprint density at radius 1 is 1.43 bits per heavy atom. The monoisotopic (exact) mass is 294 g/mol. The van der Waals surface area contributed by atoms with Gasteiger partial charge in [-0.15, -0.1) is 6.58 Å². The zero-order valence-electron chi connectivity index (χ0n) is 11.3. The normalized spacial score (nSPS) is 13.9. The number of hydrogen-bond acceptors (Lipinski definition) is 4. The maximum Gasteiger partial charge on any atom is 0.137 e. The molecule has 0 saturated carbocycles. The summed E-state index contributed by atoms with van der Waals surface area (Å²) in [5.74, 6) is -1.50. The average molecular weight is 294 g/mol. The van der Waals surface area contributed by atoms with Crippen molar-refractivity contribution in [3.05, 3.63) is 60.7 Å². The lowest BCUT2D eigenvalue weighted by Crippen LogP contribution is -2.42. The Morgan fingerprint density at radius 2 is 2.24 bits per heavy atom. The van der Waals surface area contributed by atoms with E-state index in [4.69, 9.17) is 0 Å². The van der Waals surface area contributed by atoms with Gasteiger partial charge < -0.3 is 10.4 Å². The van der Waals surface area contributed by atoms with Gasteiger partial charge in [0.15, 0.2) is 0 Å². The summed E-state index contributed by atoms with van der Waals surface area (Å²) in [6.45, 7) is 4.05. The van der Waals surface area contributed by atoms with E-state index >= 15 is 0 Å². The van der Waals surface area contributed by atoms with Crippen molar-refractivity contribution < 1.29 is 13.9 Å². The number of nitrogens with zero attached hydrogens (tertiary/aromatic N) is 3. The smallest absolute Gasteiger partial charge is 0.137 e. The minimum Gasteiger partial charge on any atom is -0.382 e. The fraction of sp³-hybridized carbons (Fsp3) is 0.286. The van der Waals surface area contributed by atoms with Gasteiger partial charge in [0.25, 0.3) is 0 Å². The van der Waals surface area contributed by atoms with Crippen LogP contribution in [0.4, 0.5) is 8.78 Å². The van der Waals surface area contributed by atoms with Gasteiger partial charge in [0.2, 0.25) is 0 Å². The molecule has 7 heteroatoms. The fourth-order valence-electron chi connectivity index (χ4n) is 2.07. The molecular formula is C14H16F2N4O. The molecule has 1 aromatic carbocycles. The second kappa shape index (κ2) is 6.55. The van der Waals surface area contributed by atoms with Crippen LogP contribution in [0, 0.1) is 11.6 Å². The van der Waals surface area contributed by atoms with E-state index in [2.05, 4.69) is 22.0 Å². The minimum absolute atomic E-state index is 0.00374. The third kappa shape index (κ3) is 3.71. The van der Waals surface area contributed by atoms with Crippen LogP contribution in [0.15, 0.2) is 43.5 Å². The molecule has 0 spiro atoms. The van der Waals surface area contributed by atoms with Crippen LogP contribution in [0.25, 0.3) is 0 Å². The van der Waals surface area contributed by atoms with Crippen LogP contribution in [0.5, 0.6) is 0 Å². The Morgan fingerprint density at radius 3 is 2.86 bits per heavy atom. The van der Waals surface area contributed by atoms with Gasteiger partial charge >= 0.3 is 0 Å². The van der Waals surface area contributed by atoms with E-state index in [1.54, 1.807) is 6.08 Å². The van der Waals surface area contributed by atoms with Crippen molar-refractivity contribution in [3.63, 3.8) is 0 Å². The number of benzene rings is 1. The molecule has 1 aromatic heterocycles. The lowest BCUT2D eigenvalue weighted by molar-refractivity contribution is 0.0129. The molecular weight excluding hydrogens is 278 g/mol. The minimum atomic E-state index is -1.59. The van der Waals surface area contributed by atoms with Crippen molar-refractivity contribution in [1.29, 1.82) is 0 Å². The maximum atomic E-state index is 14.0. The molecule has 0 radical (unpaired) electrons. The zero-order chi connectivity index (χ0) is 15.3. The van der Waals surface area contributed by atoms with Gasteiger partial charge in [0, 0.05) is 24.7 Å². The van der Waals surface area contributed by atoms with Gasteiger partial charge in [0.05, 0.1) is 6.54 Å². The SMILES string of the molecule is C=CCNCC(O)(Cn1cncn1)c1ccc(F)cc1F. The number of rotatable bonds is 7. The number of aliphatic hydroxyl groups is 1. The van der Waals surface area contributed by atoms with Crippen molar-refractivity contribution in [3.8, 4) is 0 Å². The van der Waals surface area contributed by atoms with Crippen molar-refractivity contribution in [2.45, 2.75) is 12.1 Å². The highest BCUT2D eigenvalue weighted by molar-refractivity contribution is 5.25. The molecule has 2 rings (SSSR count). The molecule has 1 atom stereocenters. The third-order valence-electron chi connectivity index (χ3n) is 3.03. The summed E-state index contributed by atoms with van der Waals surface area (Å²) in [6, 6.07) is 3.09. The summed E-state index contributed by atoms with van der Waals surface area (Å²) in [4.78, 5) is 3.78. The second-order valence-electron chi connectivity index (χ2n) is 4.67. The van der Waals surface area contributed by atoms with E-state index in [1.807, 2.05) is 0 Å². The zero-order valence-corrected chi connectivity index (χ0v) is 11.3. The van der Waals surface area contributed by atoms with Gasteiger partial charge in [-0.2, -0.15) is 5.10 Å². The Bertz CT molecular complexity index is 603. The van der Waals surface area contributed by atoms with Gasteiger partial charge in [-0.1, -0.05) is 12.1 Å². The summed E-state index contributed by atoms with van der Waals surface area (Å²) >= 11 is 0. The molecule has 2 N–H and O–H groups in total. The molecule has 0 saturated heterocycles. The highest BCUT2D eigenvalue weighted by Crippen LogP contribution is 2.26. The maximum absolute atomic E-state index is 14.0. The lowest BCUT2D eigenvalue weighted by Gasteiger charge is -2.29. The van der Waals surface area contributed by atoms with Gasteiger partial charge in [0.1, 0.15) is 29.9 Å². The predicted octanol–water partition coefficient (Wildman–Crippen LogP) is 1.22. The van der Waals surface area contributed by atoms with E-state index < -0.39 is 17.2 Å². The summed E-state index contributed by atoms with van der Waals surface area (Å²) in [6.07, 6.45) is 4.36. The Balaban J connectivity index is 2.31. The first-order valence-corrected chi connectivity index (χ1v) is 6.37. The predicted molar refractivity (Wildman–Crippen MR) is 73.3 cm³/mol. The second-order valence-corrected chi connectivity index (χ2v) is 4.67. The first-order valence-electron chi connectivity index (χ1n) is 6.37. The summed E-state index contributed by atoms with van der Waals surface area (Å²) in [5, 5.41) is 17.6. The number of aromatic nitrogens is 3. The van der Waals surface area contributed by atoms with Crippen molar-refractivity contribution >= 4 is 0 Å². The fourth-order valence-corrected chi connectivity index (χ4v) is 2.07. The standard InChI is InChI=1S/C14H16F2N4O/c1-2-5-17-7-14(21,8-20-10-18-9-19-20)12-4-3-11(15)6-13(12)16/h2-4,6,9-10,17,21H,1,5,7-8H2. The molecule has 112 valence electrons. The van der Waals surface area contributed by atoms with Gasteiger partial charge in [-0.3, -0.25) is 0 Å². The molecule has 0 aliphatic rings. The molecule has 1 unspecified atom stereocenters. The first kappa shape index (κ1) is 15.3. The molecule has 0 aliphatic carbocycles. The topological polar surface area (TPSA) is 63.0 Å². The molecule has 0 bridgehead atoms. The van der Waals surface area contributed by atoms with Crippen LogP contribution in [-0.4, -0.2) is 33.0 Å². The quantitative estimate of drug-likeness (QED) is 0.595. The van der Waals surface area contributed by atoms with Crippen LogP contribution in [0.1, 0.15) is 5.56 Å². The Hall–Kier alpha value is -2.12. The molecule has 21 heavy (non-hydrogen) atoms. The van der Waals surface area contributed by atoms with Crippen molar-refractivity contribution in [2.24, 2.45) is 0 Å². The van der Waals surface area contributed by atoms with Gasteiger partial charge in [-0.25, -0.2) is 18.4 Å². The summed E-state index contributed by atoms with van der Waals surface area (Å²) in [5.41, 5.74) is -1.59. The number of nitrogens with one attached hydrogen (secondary N) is 1. The van der Waals surface area contributed by atoms with Crippen molar-refractivity contribution in [2.75, 3.05) is 13.1 Å². The van der Waals surface area contributed by atoms with Crippen LogP contribution in [-0.2, 0) is 12.1 Å². The van der Waals surface area contributed by atoms with E-state index in [1.165, 1.54) is 23.4 Å². The number of hydrogen-bond donors (Lipinski definition) is 2. The molecule has 0 fully saturated rings. The van der Waals surface area contributed by atoms with Gasteiger partial charge in [-0.05, 0) is 6.07 Å². The molecule has 0 amide bonds. The van der Waals surface area contributed by atoms with E-state index in [9.17, 15) is 13.9 Å². The molecule has 2 aromatic rings. The largest absolute Gasteiger partial charge is 0.382 e. The molecule has 0 aliphatic heterocycles. The number of halogens is 2. The van der Waals surface area contributed by atoms with Crippen LogP contribution < -0.4 is 5.32 Å². The Kier molecular flexibility index (Phi) is 4.77. The Labute approximate surface area is 120 Å². The average Bonchev–Trinajstić information content (AvgIpc) is 2.91. The van der Waals surface area contributed by atoms with Crippen LogP contribution in [0.2, 0.25) is 0 Å². The van der Waals surface area contributed by atoms with E-state index in [0.29, 0.717) is 6.54 Å². The van der Waals surface area contributed by atoms with Crippen LogP contribution >= 0.6 is 0 Å². The van der Waals surface area contributed by atoms with E-state index in [-0.39, 0.29) is 18.7 Å². The highest BCUT2D eigenvalue weighted by Gasteiger charge is 2.33. The third-order valence-corrected chi connectivity index (χ3v) is 3.03. The summed E-state index contributed by atoms with van der Waals surface area (Å²) < 4.78 is 28.4. The van der Waals surface area contributed by atoms with Crippen LogP contribution in [0.3, 0.4) is 0 Å². The van der Waals surface area contributed by atoms with Crippen molar-refractivity contribution in [1.82, 2.24) is 20.1 Å². The molecule has 1 heterocycles. The first-order chi connectivity index (χ1) is 10.0. The molecule has 5 nitrogen and oxygen atoms in total.